The number of rotatable bonds is 3. The second-order valence-corrected chi connectivity index (χ2v) is 4.61. The number of hydrogen-bond donors (Lipinski definition) is 1. The summed E-state index contributed by atoms with van der Waals surface area (Å²) >= 11 is 0. The fourth-order valence-corrected chi connectivity index (χ4v) is 2.17. The van der Waals surface area contributed by atoms with Crippen LogP contribution in [-0.2, 0) is 4.79 Å². The zero-order valence-corrected chi connectivity index (χ0v) is 10.5. The van der Waals surface area contributed by atoms with Crippen LogP contribution < -0.4 is 5.32 Å². The van der Waals surface area contributed by atoms with Gasteiger partial charge in [-0.05, 0) is 50.2 Å². The highest BCUT2D eigenvalue weighted by molar-refractivity contribution is 5.92. The van der Waals surface area contributed by atoms with Crippen molar-refractivity contribution in [2.75, 3.05) is 25.0 Å². The Morgan fingerprint density at radius 3 is 2.50 bits per heavy atom. The molecule has 3 heteroatoms. The molecule has 1 aromatic carbocycles. The average molecular weight is 242 g/mol. The number of anilines is 1. The van der Waals surface area contributed by atoms with Crippen LogP contribution >= 0.6 is 0 Å². The van der Waals surface area contributed by atoms with Gasteiger partial charge in [0, 0.05) is 11.3 Å². The average Bonchev–Trinajstić information content (AvgIpc) is 2.40. The number of nitrogens with zero attached hydrogens (tertiary/aromatic N) is 1. The minimum absolute atomic E-state index is 0.0466. The van der Waals surface area contributed by atoms with Gasteiger partial charge in [0.15, 0.2) is 0 Å². The number of nitrogens with one attached hydrogen (secondary N) is 1. The van der Waals surface area contributed by atoms with Gasteiger partial charge >= 0.3 is 0 Å². The number of likely N-dealkylation sites (tertiary alicyclic amines) is 1. The summed E-state index contributed by atoms with van der Waals surface area (Å²) in [7, 11) is 0. The second-order valence-electron chi connectivity index (χ2n) is 4.61. The second kappa shape index (κ2) is 6.23. The summed E-state index contributed by atoms with van der Waals surface area (Å²) in [5.41, 5.74) is 1.63. The number of terminal acetylenes is 1. The Labute approximate surface area is 108 Å². The van der Waals surface area contributed by atoms with Crippen molar-refractivity contribution in [1.29, 1.82) is 0 Å². The molecule has 94 valence electrons. The third kappa shape index (κ3) is 3.61. The lowest BCUT2D eigenvalue weighted by atomic mass is 10.1. The maximum absolute atomic E-state index is 11.8. The first-order valence-corrected chi connectivity index (χ1v) is 6.37. The Bertz CT molecular complexity index is 439. The topological polar surface area (TPSA) is 32.3 Å². The van der Waals surface area contributed by atoms with Crippen molar-refractivity contribution >= 4 is 11.6 Å². The van der Waals surface area contributed by atoms with E-state index in [0.29, 0.717) is 6.54 Å². The van der Waals surface area contributed by atoms with Crippen LogP contribution in [0.1, 0.15) is 24.8 Å². The van der Waals surface area contributed by atoms with E-state index in [1.165, 1.54) is 19.3 Å². The SMILES string of the molecule is C#Cc1ccc(NC(=O)CN2CCCCC2)cc1. The fourth-order valence-electron chi connectivity index (χ4n) is 2.17. The van der Waals surface area contributed by atoms with Gasteiger partial charge in [-0.3, -0.25) is 9.69 Å². The standard InChI is InChI=1S/C15H18N2O/c1-2-13-6-8-14(9-7-13)16-15(18)12-17-10-4-3-5-11-17/h1,6-9H,3-5,10-12H2,(H,16,18). The number of carbonyl (C=O) groups is 1. The number of piperidine rings is 1. The Morgan fingerprint density at radius 1 is 1.22 bits per heavy atom. The molecule has 1 fully saturated rings. The minimum Gasteiger partial charge on any atom is -0.325 e. The summed E-state index contributed by atoms with van der Waals surface area (Å²) < 4.78 is 0. The predicted octanol–water partition coefficient (Wildman–Crippen LogP) is 2.09. The molecule has 2 rings (SSSR count). The van der Waals surface area contributed by atoms with E-state index in [9.17, 15) is 4.79 Å². The van der Waals surface area contributed by atoms with Crippen molar-refractivity contribution in [1.82, 2.24) is 4.90 Å². The number of benzene rings is 1. The third-order valence-corrected chi connectivity index (χ3v) is 3.15. The lowest BCUT2D eigenvalue weighted by Gasteiger charge is -2.25. The van der Waals surface area contributed by atoms with Gasteiger partial charge in [-0.1, -0.05) is 12.3 Å². The fraction of sp³-hybridized carbons (Fsp3) is 0.400. The maximum Gasteiger partial charge on any atom is 0.238 e. The van der Waals surface area contributed by atoms with Crippen molar-refractivity contribution < 1.29 is 4.79 Å². The summed E-state index contributed by atoms with van der Waals surface area (Å²) in [6.45, 7) is 2.55. The molecule has 0 radical (unpaired) electrons. The Morgan fingerprint density at radius 2 is 1.89 bits per heavy atom. The molecule has 1 heterocycles. The van der Waals surface area contributed by atoms with Crippen LogP contribution in [0.2, 0.25) is 0 Å². The van der Waals surface area contributed by atoms with Crippen molar-refractivity contribution in [3.05, 3.63) is 29.8 Å². The number of carbonyl (C=O) groups excluding carboxylic acids is 1. The lowest BCUT2D eigenvalue weighted by Crippen LogP contribution is -2.36. The van der Waals surface area contributed by atoms with E-state index in [4.69, 9.17) is 6.42 Å². The molecule has 0 aliphatic carbocycles. The summed E-state index contributed by atoms with van der Waals surface area (Å²) in [5, 5.41) is 2.89. The van der Waals surface area contributed by atoms with Crippen LogP contribution in [0.5, 0.6) is 0 Å². The first-order valence-electron chi connectivity index (χ1n) is 6.37. The van der Waals surface area contributed by atoms with Gasteiger partial charge in [-0.25, -0.2) is 0 Å². The van der Waals surface area contributed by atoms with E-state index >= 15 is 0 Å². The molecule has 0 atom stereocenters. The molecule has 1 aliphatic rings. The first-order chi connectivity index (χ1) is 8.78. The first kappa shape index (κ1) is 12.7. The molecule has 0 bridgehead atoms. The van der Waals surface area contributed by atoms with Gasteiger partial charge in [0.25, 0.3) is 0 Å². The van der Waals surface area contributed by atoms with E-state index in [0.717, 1.165) is 24.3 Å². The van der Waals surface area contributed by atoms with Crippen LogP contribution in [0.15, 0.2) is 24.3 Å². The molecule has 1 N–H and O–H groups in total. The molecule has 0 unspecified atom stereocenters. The summed E-state index contributed by atoms with van der Waals surface area (Å²) in [6.07, 6.45) is 8.96. The van der Waals surface area contributed by atoms with Gasteiger partial charge < -0.3 is 5.32 Å². The van der Waals surface area contributed by atoms with E-state index < -0.39 is 0 Å². The number of hydrogen-bond acceptors (Lipinski definition) is 2. The van der Waals surface area contributed by atoms with Crippen LogP contribution in [0.25, 0.3) is 0 Å². The van der Waals surface area contributed by atoms with Crippen molar-refractivity contribution in [2.24, 2.45) is 0 Å². The molecule has 1 saturated heterocycles. The highest BCUT2D eigenvalue weighted by atomic mass is 16.2. The van der Waals surface area contributed by atoms with Crippen LogP contribution in [-0.4, -0.2) is 30.4 Å². The number of amides is 1. The monoisotopic (exact) mass is 242 g/mol. The molecule has 0 saturated carbocycles. The van der Waals surface area contributed by atoms with E-state index in [-0.39, 0.29) is 5.91 Å². The van der Waals surface area contributed by atoms with E-state index in [1.54, 1.807) is 0 Å². The molecule has 0 spiro atoms. The van der Waals surface area contributed by atoms with Gasteiger partial charge in [-0.2, -0.15) is 0 Å². The zero-order chi connectivity index (χ0) is 12.8. The van der Waals surface area contributed by atoms with E-state index in [1.807, 2.05) is 24.3 Å². The normalized spacial score (nSPS) is 15.9. The van der Waals surface area contributed by atoms with Gasteiger partial charge in [0.1, 0.15) is 0 Å². The van der Waals surface area contributed by atoms with Crippen LogP contribution in [0, 0.1) is 12.3 Å². The largest absolute Gasteiger partial charge is 0.325 e. The third-order valence-electron chi connectivity index (χ3n) is 3.15. The molecule has 3 nitrogen and oxygen atoms in total. The predicted molar refractivity (Wildman–Crippen MR) is 73.3 cm³/mol. The highest BCUT2D eigenvalue weighted by Crippen LogP contribution is 2.10. The summed E-state index contributed by atoms with van der Waals surface area (Å²) in [4.78, 5) is 14.0. The highest BCUT2D eigenvalue weighted by Gasteiger charge is 2.13. The minimum atomic E-state index is 0.0466. The maximum atomic E-state index is 11.8. The summed E-state index contributed by atoms with van der Waals surface area (Å²) in [5.74, 6) is 2.60. The Hall–Kier alpha value is -1.79. The molecular formula is C15H18N2O. The Balaban J connectivity index is 1.84. The molecule has 1 amide bonds. The molecule has 1 aliphatic heterocycles. The van der Waals surface area contributed by atoms with Gasteiger partial charge in [-0.15, -0.1) is 6.42 Å². The van der Waals surface area contributed by atoms with Crippen LogP contribution in [0.4, 0.5) is 5.69 Å². The lowest BCUT2D eigenvalue weighted by molar-refractivity contribution is -0.117. The molecule has 0 aromatic heterocycles. The van der Waals surface area contributed by atoms with Crippen LogP contribution in [0.3, 0.4) is 0 Å². The summed E-state index contributed by atoms with van der Waals surface area (Å²) in [6, 6.07) is 7.33. The van der Waals surface area contributed by atoms with Gasteiger partial charge in [0.05, 0.1) is 6.54 Å². The quantitative estimate of drug-likeness (QED) is 0.823. The van der Waals surface area contributed by atoms with Crippen molar-refractivity contribution in [3.8, 4) is 12.3 Å². The molecule has 18 heavy (non-hydrogen) atoms. The molecular weight excluding hydrogens is 224 g/mol. The Kier molecular flexibility index (Phi) is 4.38. The van der Waals surface area contributed by atoms with Crippen molar-refractivity contribution in [2.45, 2.75) is 19.3 Å². The van der Waals surface area contributed by atoms with E-state index in [2.05, 4.69) is 16.1 Å². The zero-order valence-electron chi connectivity index (χ0n) is 10.5. The van der Waals surface area contributed by atoms with Crippen molar-refractivity contribution in [3.63, 3.8) is 0 Å². The molecule has 1 aromatic rings. The smallest absolute Gasteiger partial charge is 0.238 e. The van der Waals surface area contributed by atoms with Gasteiger partial charge in [0.2, 0.25) is 5.91 Å².